The summed E-state index contributed by atoms with van der Waals surface area (Å²) >= 11 is 0. The Bertz CT molecular complexity index is 353. The van der Waals surface area contributed by atoms with Gasteiger partial charge in [-0.2, -0.15) is 0 Å². The molecule has 2 N–H and O–H groups in total. The lowest BCUT2D eigenvalue weighted by Crippen LogP contribution is -2.16. The monoisotopic (exact) mass is 201 g/mol. The predicted molar refractivity (Wildman–Crippen MR) is 67.2 cm³/mol. The van der Waals surface area contributed by atoms with Crippen LogP contribution in [0.3, 0.4) is 0 Å². The maximum Gasteiger partial charge on any atom is 0.0135 e. The highest BCUT2D eigenvalue weighted by Gasteiger charge is 2.11. The van der Waals surface area contributed by atoms with Gasteiger partial charge in [-0.3, -0.25) is 0 Å². The van der Waals surface area contributed by atoms with Gasteiger partial charge >= 0.3 is 0 Å². The molecular formula is C14H19N. The second-order valence-corrected chi connectivity index (χ2v) is 4.64. The van der Waals surface area contributed by atoms with Crippen molar-refractivity contribution in [1.82, 2.24) is 0 Å². The van der Waals surface area contributed by atoms with E-state index in [-0.39, 0.29) is 5.41 Å². The van der Waals surface area contributed by atoms with Gasteiger partial charge in [0.05, 0.1) is 0 Å². The van der Waals surface area contributed by atoms with Crippen LogP contribution < -0.4 is 5.73 Å². The molecule has 80 valence electrons. The minimum atomic E-state index is 0.0427. The smallest absolute Gasteiger partial charge is 0.0135 e. The summed E-state index contributed by atoms with van der Waals surface area (Å²) < 4.78 is 0. The normalized spacial score (nSPS) is 13.4. The summed E-state index contributed by atoms with van der Waals surface area (Å²) in [5.41, 5.74) is 8.06. The fraction of sp³-hybridized carbons (Fsp3) is 0.286. The molecule has 0 heterocycles. The molecule has 0 saturated carbocycles. The largest absolute Gasteiger partial charge is 0.402 e. The Morgan fingerprint density at radius 2 is 1.73 bits per heavy atom. The second-order valence-electron chi connectivity index (χ2n) is 4.64. The number of nitrogens with two attached hydrogens (primary N) is 1. The third kappa shape index (κ3) is 4.03. The van der Waals surface area contributed by atoms with Gasteiger partial charge in [0.25, 0.3) is 0 Å². The molecule has 0 aliphatic heterocycles. The first kappa shape index (κ1) is 11.6. The van der Waals surface area contributed by atoms with Gasteiger partial charge in [0.1, 0.15) is 0 Å². The van der Waals surface area contributed by atoms with E-state index in [1.807, 2.05) is 30.4 Å². The molecular weight excluding hydrogens is 182 g/mol. The highest BCUT2D eigenvalue weighted by molar-refractivity contribution is 5.50. The fourth-order valence-corrected chi connectivity index (χ4v) is 1.08. The zero-order chi connectivity index (χ0) is 11.3. The number of rotatable bonds is 2. The molecule has 1 heteroatoms. The van der Waals surface area contributed by atoms with Crippen molar-refractivity contribution in [1.29, 1.82) is 0 Å². The van der Waals surface area contributed by atoms with Crippen LogP contribution in [0.5, 0.6) is 0 Å². The molecule has 1 nitrogen and oxygen atoms in total. The molecule has 0 aromatic heterocycles. The minimum absolute atomic E-state index is 0.0427. The van der Waals surface area contributed by atoms with Crippen LogP contribution >= 0.6 is 0 Å². The Morgan fingerprint density at radius 3 is 2.27 bits per heavy atom. The van der Waals surface area contributed by atoms with E-state index in [0.29, 0.717) is 0 Å². The predicted octanol–water partition coefficient (Wildman–Crippen LogP) is 3.59. The number of benzene rings is 1. The van der Waals surface area contributed by atoms with Crippen LogP contribution in [0.4, 0.5) is 0 Å². The molecule has 15 heavy (non-hydrogen) atoms. The number of hydrogen-bond donors (Lipinski definition) is 1. The maximum absolute atomic E-state index is 5.92. The summed E-state index contributed by atoms with van der Waals surface area (Å²) in [4.78, 5) is 0. The van der Waals surface area contributed by atoms with Gasteiger partial charge in [-0.1, -0.05) is 63.3 Å². The van der Waals surface area contributed by atoms with E-state index in [9.17, 15) is 0 Å². The second kappa shape index (κ2) is 4.83. The van der Waals surface area contributed by atoms with E-state index in [1.165, 1.54) is 5.56 Å². The molecule has 0 unspecified atom stereocenters. The van der Waals surface area contributed by atoms with Crippen LogP contribution in [0, 0.1) is 5.41 Å². The van der Waals surface area contributed by atoms with Crippen molar-refractivity contribution in [3.63, 3.8) is 0 Å². The molecule has 0 amide bonds. The van der Waals surface area contributed by atoms with E-state index >= 15 is 0 Å². The van der Waals surface area contributed by atoms with Crippen LogP contribution in [0.15, 0.2) is 48.2 Å². The standard InChI is InChI=1S/C14H19N/c1-14(2,3)13(15)11-7-10-12-8-5-4-6-9-12/h4-11H,15H2,1-3H3/b10-7+,13-11-. The van der Waals surface area contributed by atoms with Crippen LogP contribution in [-0.4, -0.2) is 0 Å². The van der Waals surface area contributed by atoms with Crippen LogP contribution in [0.1, 0.15) is 26.3 Å². The summed E-state index contributed by atoms with van der Waals surface area (Å²) in [6, 6.07) is 10.2. The lowest BCUT2D eigenvalue weighted by atomic mass is 9.92. The maximum atomic E-state index is 5.92. The van der Waals surface area contributed by atoms with E-state index in [1.54, 1.807) is 0 Å². The van der Waals surface area contributed by atoms with Crippen molar-refractivity contribution in [2.75, 3.05) is 0 Å². The van der Waals surface area contributed by atoms with Crippen LogP contribution in [0.2, 0.25) is 0 Å². The zero-order valence-corrected chi connectivity index (χ0v) is 9.70. The van der Waals surface area contributed by atoms with Crippen LogP contribution in [-0.2, 0) is 0 Å². The molecule has 0 fully saturated rings. The summed E-state index contributed by atoms with van der Waals surface area (Å²) in [5, 5.41) is 0. The van der Waals surface area contributed by atoms with Crippen molar-refractivity contribution < 1.29 is 0 Å². The Balaban J connectivity index is 2.69. The van der Waals surface area contributed by atoms with Crippen molar-refractivity contribution in [2.45, 2.75) is 20.8 Å². The third-order valence-corrected chi connectivity index (χ3v) is 2.23. The van der Waals surface area contributed by atoms with Gasteiger partial charge in [-0.15, -0.1) is 0 Å². The Morgan fingerprint density at radius 1 is 1.13 bits per heavy atom. The molecule has 1 aromatic rings. The van der Waals surface area contributed by atoms with Gasteiger partial charge < -0.3 is 5.73 Å². The topological polar surface area (TPSA) is 26.0 Å². The molecule has 0 spiro atoms. The molecule has 1 aromatic carbocycles. The Hall–Kier alpha value is -1.50. The van der Waals surface area contributed by atoms with E-state index in [2.05, 4.69) is 39.0 Å². The van der Waals surface area contributed by atoms with Gasteiger partial charge in [-0.25, -0.2) is 0 Å². The Kier molecular flexibility index (Phi) is 3.73. The summed E-state index contributed by atoms with van der Waals surface area (Å²) in [6.45, 7) is 6.32. The fourth-order valence-electron chi connectivity index (χ4n) is 1.08. The van der Waals surface area contributed by atoms with Crippen LogP contribution in [0.25, 0.3) is 6.08 Å². The zero-order valence-electron chi connectivity index (χ0n) is 9.70. The van der Waals surface area contributed by atoms with Gasteiger partial charge in [0.15, 0.2) is 0 Å². The van der Waals surface area contributed by atoms with Crippen molar-refractivity contribution in [3.8, 4) is 0 Å². The highest BCUT2D eigenvalue weighted by atomic mass is 14.6. The quantitative estimate of drug-likeness (QED) is 0.727. The van der Waals surface area contributed by atoms with E-state index < -0.39 is 0 Å². The third-order valence-electron chi connectivity index (χ3n) is 2.23. The molecule has 1 rings (SSSR count). The number of allylic oxidation sites excluding steroid dienone is 3. The van der Waals surface area contributed by atoms with E-state index in [4.69, 9.17) is 5.73 Å². The molecule has 0 atom stereocenters. The van der Waals surface area contributed by atoms with Gasteiger partial charge in [-0.05, 0) is 11.6 Å². The minimum Gasteiger partial charge on any atom is -0.402 e. The highest BCUT2D eigenvalue weighted by Crippen LogP contribution is 2.20. The first-order valence-electron chi connectivity index (χ1n) is 5.19. The van der Waals surface area contributed by atoms with E-state index in [0.717, 1.165) is 5.70 Å². The molecule has 0 saturated heterocycles. The van der Waals surface area contributed by atoms with Gasteiger partial charge in [0, 0.05) is 11.1 Å². The lowest BCUT2D eigenvalue weighted by Gasteiger charge is -2.18. The van der Waals surface area contributed by atoms with Crippen molar-refractivity contribution in [3.05, 3.63) is 53.7 Å². The number of hydrogen-bond acceptors (Lipinski definition) is 1. The summed E-state index contributed by atoms with van der Waals surface area (Å²) in [5.74, 6) is 0. The van der Waals surface area contributed by atoms with Gasteiger partial charge in [0.2, 0.25) is 0 Å². The SMILES string of the molecule is CC(C)(C)/C(N)=C/C=C/c1ccccc1. The lowest BCUT2D eigenvalue weighted by molar-refractivity contribution is 0.497. The first-order valence-corrected chi connectivity index (χ1v) is 5.19. The average Bonchev–Trinajstić information content (AvgIpc) is 2.18. The Labute approximate surface area is 92.3 Å². The first-order chi connectivity index (χ1) is 7.00. The molecule has 0 aliphatic rings. The van der Waals surface area contributed by atoms with Crippen molar-refractivity contribution in [2.24, 2.45) is 11.1 Å². The molecule has 0 radical (unpaired) electrons. The summed E-state index contributed by atoms with van der Waals surface area (Å²) in [6.07, 6.45) is 6.02. The molecule has 0 bridgehead atoms. The van der Waals surface area contributed by atoms with Crippen molar-refractivity contribution >= 4 is 6.08 Å². The average molecular weight is 201 g/mol. The summed E-state index contributed by atoms with van der Waals surface area (Å²) in [7, 11) is 0. The molecule has 0 aliphatic carbocycles.